The van der Waals surface area contributed by atoms with Crippen molar-refractivity contribution in [3.63, 3.8) is 0 Å². The summed E-state index contributed by atoms with van der Waals surface area (Å²) >= 11 is 5.88. The van der Waals surface area contributed by atoms with E-state index in [0.29, 0.717) is 11.3 Å². The number of amides is 2. The molecule has 0 saturated carbocycles. The van der Waals surface area contributed by atoms with Crippen molar-refractivity contribution in [2.75, 3.05) is 13.2 Å². The molecule has 3 aromatic rings. The molecule has 1 aromatic carbocycles. The number of nitrogens with one attached hydrogen (secondary N) is 1. The van der Waals surface area contributed by atoms with E-state index in [1.54, 1.807) is 0 Å². The van der Waals surface area contributed by atoms with Crippen LogP contribution in [-0.2, 0) is 4.79 Å². The van der Waals surface area contributed by atoms with E-state index in [2.05, 4.69) is 20.1 Å². The zero-order chi connectivity index (χ0) is 22.1. The Balaban J connectivity index is 1.80. The first kappa shape index (κ1) is 20.7. The average molecular weight is 452 g/mol. The summed E-state index contributed by atoms with van der Waals surface area (Å²) in [4.78, 5) is 29.4. The Hall–Kier alpha value is -3.60. The smallest absolute Gasteiger partial charge is 0.387 e. The fraction of sp³-hybridized carbons (Fsp3) is 0.158. The molecule has 0 spiro atoms. The molecule has 0 aliphatic carbocycles. The highest BCUT2D eigenvalue weighted by molar-refractivity contribution is 6.30. The quantitative estimate of drug-likeness (QED) is 0.644. The maximum Gasteiger partial charge on any atom is 0.387 e. The monoisotopic (exact) mass is 451 g/mol. The van der Waals surface area contributed by atoms with Gasteiger partial charge >= 0.3 is 6.61 Å². The minimum Gasteiger partial charge on any atom is -0.433 e. The van der Waals surface area contributed by atoms with Crippen molar-refractivity contribution < 1.29 is 27.5 Å². The first-order valence-electron chi connectivity index (χ1n) is 8.83. The third-order valence-corrected chi connectivity index (χ3v) is 4.69. The van der Waals surface area contributed by atoms with Gasteiger partial charge in [-0.3, -0.25) is 14.6 Å². The molecule has 12 heteroatoms. The number of alkyl halides is 2. The summed E-state index contributed by atoms with van der Waals surface area (Å²) in [6.07, 6.45) is 2.48. The molecule has 1 saturated heterocycles. The van der Waals surface area contributed by atoms with Gasteiger partial charge in [0.2, 0.25) is 5.91 Å². The predicted molar refractivity (Wildman–Crippen MR) is 102 cm³/mol. The van der Waals surface area contributed by atoms with E-state index in [9.17, 15) is 22.8 Å². The summed E-state index contributed by atoms with van der Waals surface area (Å²) in [7, 11) is 0. The molecule has 160 valence electrons. The minimum atomic E-state index is -3.05. The molecule has 3 heterocycles. The van der Waals surface area contributed by atoms with Crippen molar-refractivity contribution in [2.45, 2.75) is 6.61 Å². The van der Waals surface area contributed by atoms with Crippen LogP contribution in [-0.4, -0.2) is 51.3 Å². The molecule has 1 aliphatic rings. The van der Waals surface area contributed by atoms with E-state index in [1.165, 1.54) is 40.0 Å². The lowest BCUT2D eigenvalue weighted by atomic mass is 10.2. The molecule has 2 aromatic heterocycles. The lowest BCUT2D eigenvalue weighted by Crippen LogP contribution is -2.30. The lowest BCUT2D eigenvalue weighted by Gasteiger charge is -2.10. The number of hydrogen-bond donors (Lipinski definition) is 1. The van der Waals surface area contributed by atoms with Crippen molar-refractivity contribution in [3.8, 4) is 22.7 Å². The lowest BCUT2D eigenvalue weighted by molar-refractivity contribution is -0.118. The van der Waals surface area contributed by atoms with Crippen LogP contribution in [0.15, 0.2) is 42.7 Å². The van der Waals surface area contributed by atoms with Gasteiger partial charge in [0, 0.05) is 11.8 Å². The molecule has 8 nitrogen and oxygen atoms in total. The number of carbonyl (C=O) groups excluding carboxylic acids is 2. The molecule has 1 fully saturated rings. The summed E-state index contributed by atoms with van der Waals surface area (Å²) in [6.45, 7) is -3.14. The second-order valence-corrected chi connectivity index (χ2v) is 6.88. The number of carbonyl (C=O) groups is 2. The van der Waals surface area contributed by atoms with Crippen LogP contribution in [0.1, 0.15) is 10.5 Å². The van der Waals surface area contributed by atoms with Crippen LogP contribution in [0.2, 0.25) is 5.02 Å². The van der Waals surface area contributed by atoms with Crippen LogP contribution in [0.4, 0.5) is 13.2 Å². The molecule has 31 heavy (non-hydrogen) atoms. The highest BCUT2D eigenvalue weighted by atomic mass is 35.5. The van der Waals surface area contributed by atoms with E-state index in [-0.39, 0.29) is 41.3 Å². The van der Waals surface area contributed by atoms with Gasteiger partial charge in [0.15, 0.2) is 5.69 Å². The average Bonchev–Trinajstić information content (AvgIpc) is 3.36. The van der Waals surface area contributed by atoms with Gasteiger partial charge < -0.3 is 15.0 Å². The summed E-state index contributed by atoms with van der Waals surface area (Å²) in [5.41, 5.74) is 0.890. The molecule has 4 rings (SSSR count). The molecule has 1 N–H and O–H groups in total. The third-order valence-electron chi connectivity index (χ3n) is 4.40. The van der Waals surface area contributed by atoms with Gasteiger partial charge in [0.05, 0.1) is 29.3 Å². The third kappa shape index (κ3) is 4.31. The van der Waals surface area contributed by atoms with Gasteiger partial charge in [-0.05, 0) is 30.3 Å². The van der Waals surface area contributed by atoms with Gasteiger partial charge in [0.1, 0.15) is 18.1 Å². The number of nitrogens with zero attached hydrogens (tertiary/aromatic N) is 4. The fourth-order valence-electron chi connectivity index (χ4n) is 3.01. The molecule has 0 radical (unpaired) electrons. The molecular formula is C19H13ClF3N5O3. The normalized spacial score (nSPS) is 13.6. The molecule has 0 unspecified atom stereocenters. The number of hydrogen-bond acceptors (Lipinski definition) is 5. The van der Waals surface area contributed by atoms with Crippen LogP contribution in [0.3, 0.4) is 0 Å². The van der Waals surface area contributed by atoms with Crippen LogP contribution in [0.25, 0.3) is 16.9 Å². The SMILES string of the molecule is O=C1CN(C(=O)c2cc(-c3cncc(OC(F)F)c3)n(-c3ccc(F)c(Cl)c3)n2)CN1. The van der Waals surface area contributed by atoms with Gasteiger partial charge in [-0.2, -0.15) is 13.9 Å². The number of pyridine rings is 1. The summed E-state index contributed by atoms with van der Waals surface area (Å²) in [5, 5.41) is 6.62. The standard InChI is InChI=1S/C19H13ClF3N5O3/c20-13-4-11(1-2-14(13)21)28-16(10-3-12(7-24-6-10)31-19(22)23)5-15(26-28)18(30)27-8-17(29)25-9-27/h1-7,19H,8-9H2,(H,25,29). The first-order chi connectivity index (χ1) is 14.8. The number of ether oxygens (including phenoxy) is 1. The Bertz CT molecular complexity index is 1170. The van der Waals surface area contributed by atoms with Crippen LogP contribution in [0.5, 0.6) is 5.75 Å². The van der Waals surface area contributed by atoms with Gasteiger partial charge in [-0.25, -0.2) is 9.07 Å². The predicted octanol–water partition coefficient (Wildman–Crippen LogP) is 2.86. The van der Waals surface area contributed by atoms with Crippen LogP contribution >= 0.6 is 11.6 Å². The Morgan fingerprint density at radius 3 is 2.71 bits per heavy atom. The molecular weight excluding hydrogens is 439 g/mol. The van der Waals surface area contributed by atoms with E-state index in [0.717, 1.165) is 12.3 Å². The fourth-order valence-corrected chi connectivity index (χ4v) is 3.18. The zero-order valence-corrected chi connectivity index (χ0v) is 16.3. The van der Waals surface area contributed by atoms with Crippen molar-refractivity contribution >= 4 is 23.4 Å². The number of halogens is 4. The molecule has 0 atom stereocenters. The maximum atomic E-state index is 13.6. The second-order valence-electron chi connectivity index (χ2n) is 6.47. The highest BCUT2D eigenvalue weighted by Crippen LogP contribution is 2.29. The van der Waals surface area contributed by atoms with E-state index in [4.69, 9.17) is 11.6 Å². The summed E-state index contributed by atoms with van der Waals surface area (Å²) < 4.78 is 44.5. The Labute approximate surface area is 178 Å². The number of aromatic nitrogens is 3. The first-order valence-corrected chi connectivity index (χ1v) is 9.21. The van der Waals surface area contributed by atoms with E-state index in [1.807, 2.05) is 0 Å². The number of rotatable bonds is 5. The summed E-state index contributed by atoms with van der Waals surface area (Å²) in [5.74, 6) is -1.68. The van der Waals surface area contributed by atoms with Gasteiger partial charge in [-0.15, -0.1) is 0 Å². The van der Waals surface area contributed by atoms with Crippen molar-refractivity contribution in [2.24, 2.45) is 0 Å². The molecule has 1 aliphatic heterocycles. The van der Waals surface area contributed by atoms with Crippen LogP contribution in [0, 0.1) is 5.82 Å². The Morgan fingerprint density at radius 2 is 2.03 bits per heavy atom. The van der Waals surface area contributed by atoms with Crippen LogP contribution < -0.4 is 10.1 Å². The van der Waals surface area contributed by atoms with Crippen molar-refractivity contribution in [1.29, 1.82) is 0 Å². The Kier molecular flexibility index (Phi) is 5.51. The largest absolute Gasteiger partial charge is 0.433 e. The summed E-state index contributed by atoms with van der Waals surface area (Å²) in [6, 6.07) is 6.52. The zero-order valence-electron chi connectivity index (χ0n) is 15.6. The van der Waals surface area contributed by atoms with E-state index < -0.39 is 18.3 Å². The van der Waals surface area contributed by atoms with Crippen molar-refractivity contribution in [1.82, 2.24) is 25.0 Å². The maximum absolute atomic E-state index is 13.6. The molecule has 0 bridgehead atoms. The van der Waals surface area contributed by atoms with Crippen molar-refractivity contribution in [3.05, 3.63) is 59.3 Å². The van der Waals surface area contributed by atoms with Gasteiger partial charge in [-0.1, -0.05) is 11.6 Å². The second kappa shape index (κ2) is 8.26. The number of benzene rings is 1. The topological polar surface area (TPSA) is 89.4 Å². The van der Waals surface area contributed by atoms with Gasteiger partial charge in [0.25, 0.3) is 5.91 Å². The molecule has 2 amide bonds. The minimum absolute atomic E-state index is 0.0212. The van der Waals surface area contributed by atoms with E-state index >= 15 is 0 Å². The highest BCUT2D eigenvalue weighted by Gasteiger charge is 2.27. The Morgan fingerprint density at radius 1 is 1.23 bits per heavy atom.